The molecule has 182 valence electrons. The molecule has 0 fully saturated rings. The highest BCUT2D eigenvalue weighted by Crippen LogP contribution is 2.33. The van der Waals surface area contributed by atoms with Gasteiger partial charge in [0, 0.05) is 24.4 Å². The maximum absolute atomic E-state index is 13.1. The first-order valence-electron chi connectivity index (χ1n) is 10.9. The lowest BCUT2D eigenvalue weighted by Gasteiger charge is -2.24. The molecule has 0 bridgehead atoms. The largest absolute Gasteiger partial charge is 0.463 e. The molecule has 1 atom stereocenters. The van der Waals surface area contributed by atoms with Crippen molar-refractivity contribution in [1.82, 2.24) is 10.3 Å². The minimum Gasteiger partial charge on any atom is -0.463 e. The predicted octanol–water partition coefficient (Wildman–Crippen LogP) is 4.30. The lowest BCUT2D eigenvalue weighted by molar-refractivity contribution is -0.168. The van der Waals surface area contributed by atoms with E-state index in [1.54, 1.807) is 25.1 Å². The number of hydrogen-bond acceptors (Lipinski definition) is 6. The third-order valence-corrected chi connectivity index (χ3v) is 5.57. The number of oxime groups is 1. The topological polar surface area (TPSA) is 89.9 Å². The van der Waals surface area contributed by atoms with Gasteiger partial charge >= 0.3 is 12.1 Å². The Morgan fingerprint density at radius 3 is 2.71 bits per heavy atom. The van der Waals surface area contributed by atoms with E-state index >= 15 is 0 Å². The molecule has 1 aromatic heterocycles. The normalized spacial score (nSPS) is 17.5. The SMILES string of the molecule is CCOC(=O)C1(Cc2cccc(C(F)(F)F)c2)CC(CNC(=O)c2nccc3ccccc23)=NO1. The Bertz CT molecular complexity index is 1290. The summed E-state index contributed by atoms with van der Waals surface area (Å²) in [6.45, 7) is 1.64. The molecule has 0 saturated heterocycles. The van der Waals surface area contributed by atoms with Crippen LogP contribution in [0.1, 0.15) is 35.0 Å². The van der Waals surface area contributed by atoms with Gasteiger partial charge < -0.3 is 14.9 Å². The van der Waals surface area contributed by atoms with E-state index in [9.17, 15) is 22.8 Å². The van der Waals surface area contributed by atoms with Crippen LogP contribution in [0, 0.1) is 0 Å². The molecule has 3 aromatic rings. The first-order valence-corrected chi connectivity index (χ1v) is 10.9. The van der Waals surface area contributed by atoms with E-state index in [1.807, 2.05) is 12.1 Å². The Kier molecular flexibility index (Phi) is 6.72. The second-order valence-corrected chi connectivity index (χ2v) is 8.08. The number of carbonyl (C=O) groups excluding carboxylic acids is 2. The summed E-state index contributed by atoms with van der Waals surface area (Å²) >= 11 is 0. The van der Waals surface area contributed by atoms with Crippen LogP contribution in [0.2, 0.25) is 0 Å². The van der Waals surface area contributed by atoms with Crippen LogP contribution in [0.4, 0.5) is 13.2 Å². The van der Waals surface area contributed by atoms with Gasteiger partial charge in [-0.1, -0.05) is 47.6 Å². The summed E-state index contributed by atoms with van der Waals surface area (Å²) in [7, 11) is 0. The number of benzene rings is 2. The van der Waals surface area contributed by atoms with Gasteiger partial charge in [0.05, 0.1) is 24.4 Å². The van der Waals surface area contributed by atoms with Crippen molar-refractivity contribution in [2.45, 2.75) is 31.5 Å². The van der Waals surface area contributed by atoms with Gasteiger partial charge in [0.2, 0.25) is 5.60 Å². The Balaban J connectivity index is 1.49. The molecule has 1 unspecified atom stereocenters. The maximum Gasteiger partial charge on any atom is 0.416 e. The first kappa shape index (κ1) is 24.2. The van der Waals surface area contributed by atoms with E-state index in [0.29, 0.717) is 11.1 Å². The van der Waals surface area contributed by atoms with Gasteiger partial charge in [0.15, 0.2) is 0 Å². The minimum atomic E-state index is -4.52. The van der Waals surface area contributed by atoms with Crippen molar-refractivity contribution in [3.8, 4) is 0 Å². The summed E-state index contributed by atoms with van der Waals surface area (Å²) in [5.74, 6) is -1.17. The van der Waals surface area contributed by atoms with E-state index in [4.69, 9.17) is 9.57 Å². The van der Waals surface area contributed by atoms with Crippen molar-refractivity contribution >= 4 is 28.4 Å². The van der Waals surface area contributed by atoms with Gasteiger partial charge in [0.1, 0.15) is 5.69 Å². The van der Waals surface area contributed by atoms with Gasteiger partial charge in [-0.2, -0.15) is 13.2 Å². The summed E-state index contributed by atoms with van der Waals surface area (Å²) in [5, 5.41) is 8.21. The zero-order chi connectivity index (χ0) is 25.1. The predicted molar refractivity (Wildman–Crippen MR) is 122 cm³/mol. The van der Waals surface area contributed by atoms with Crippen LogP contribution < -0.4 is 5.32 Å². The van der Waals surface area contributed by atoms with E-state index < -0.39 is 29.2 Å². The van der Waals surface area contributed by atoms with Crippen LogP contribution in [0.5, 0.6) is 0 Å². The number of halogens is 3. The standard InChI is InChI=1S/C25H22F3N3O4/c1-2-34-23(33)24(13-16-6-5-8-18(12-16)25(26,27)28)14-19(31-35-24)15-30-22(32)21-20-9-4-3-7-17(20)10-11-29-21/h3-12H,2,13-15H2,1H3,(H,30,32). The van der Waals surface area contributed by atoms with Gasteiger partial charge in [-0.3, -0.25) is 9.78 Å². The van der Waals surface area contributed by atoms with Gasteiger partial charge in [0.25, 0.3) is 5.91 Å². The van der Waals surface area contributed by atoms with Crippen molar-refractivity contribution in [3.05, 3.63) is 77.6 Å². The lowest BCUT2D eigenvalue weighted by atomic mass is 9.89. The summed E-state index contributed by atoms with van der Waals surface area (Å²) in [6.07, 6.45) is -3.22. The number of esters is 1. The molecule has 7 nitrogen and oxygen atoms in total. The van der Waals surface area contributed by atoms with Gasteiger partial charge in [-0.05, 0) is 30.0 Å². The van der Waals surface area contributed by atoms with E-state index in [1.165, 1.54) is 18.3 Å². The van der Waals surface area contributed by atoms with Crippen LogP contribution in [-0.4, -0.2) is 41.3 Å². The Morgan fingerprint density at radius 1 is 1.14 bits per heavy atom. The van der Waals surface area contributed by atoms with Crippen molar-refractivity contribution in [1.29, 1.82) is 0 Å². The number of ether oxygens (including phenoxy) is 1. The number of rotatable bonds is 7. The molecule has 1 N–H and O–H groups in total. The third kappa shape index (κ3) is 5.26. The smallest absolute Gasteiger partial charge is 0.416 e. The molecule has 1 aliphatic heterocycles. The fourth-order valence-electron chi connectivity index (χ4n) is 3.93. The molecule has 1 amide bonds. The second-order valence-electron chi connectivity index (χ2n) is 8.08. The van der Waals surface area contributed by atoms with Crippen LogP contribution in [0.25, 0.3) is 10.8 Å². The molecule has 2 aromatic carbocycles. The molecule has 1 aliphatic rings. The van der Waals surface area contributed by atoms with E-state index in [0.717, 1.165) is 17.5 Å². The molecule has 0 aliphatic carbocycles. The zero-order valence-electron chi connectivity index (χ0n) is 18.8. The molecule has 0 saturated carbocycles. The third-order valence-electron chi connectivity index (χ3n) is 5.57. The van der Waals surface area contributed by atoms with Crippen molar-refractivity contribution in [2.24, 2.45) is 5.16 Å². The molecule has 10 heteroatoms. The molecule has 4 rings (SSSR count). The summed E-state index contributed by atoms with van der Waals surface area (Å²) in [6, 6.07) is 13.8. The van der Waals surface area contributed by atoms with E-state index in [2.05, 4.69) is 15.5 Å². The Hall–Kier alpha value is -3.95. The fraction of sp³-hybridized carbons (Fsp3) is 0.280. The van der Waals surface area contributed by atoms with Crippen LogP contribution >= 0.6 is 0 Å². The number of amides is 1. The summed E-state index contributed by atoms with van der Waals surface area (Å²) in [4.78, 5) is 35.2. The highest BCUT2D eigenvalue weighted by Gasteiger charge is 2.48. The number of carbonyl (C=O) groups is 2. The Morgan fingerprint density at radius 2 is 1.94 bits per heavy atom. The highest BCUT2D eigenvalue weighted by molar-refractivity contribution is 6.06. The van der Waals surface area contributed by atoms with Crippen LogP contribution in [0.3, 0.4) is 0 Å². The highest BCUT2D eigenvalue weighted by atomic mass is 19.4. The number of fused-ring (bicyclic) bond motifs is 1. The molecule has 2 heterocycles. The number of aromatic nitrogens is 1. The summed E-state index contributed by atoms with van der Waals surface area (Å²) < 4.78 is 44.6. The van der Waals surface area contributed by atoms with E-state index in [-0.39, 0.29) is 37.3 Å². The molecular formula is C25H22F3N3O4. The number of nitrogens with one attached hydrogen (secondary N) is 1. The van der Waals surface area contributed by atoms with Gasteiger partial charge in [-0.25, -0.2) is 4.79 Å². The minimum absolute atomic E-state index is 0.0342. The lowest BCUT2D eigenvalue weighted by Crippen LogP contribution is -2.43. The van der Waals surface area contributed by atoms with Crippen LogP contribution in [0.15, 0.2) is 65.9 Å². The van der Waals surface area contributed by atoms with Crippen molar-refractivity contribution in [3.63, 3.8) is 0 Å². The number of hydrogen-bond donors (Lipinski definition) is 1. The van der Waals surface area contributed by atoms with Crippen LogP contribution in [-0.2, 0) is 27.0 Å². The van der Waals surface area contributed by atoms with Crippen molar-refractivity contribution in [2.75, 3.05) is 13.2 Å². The molecular weight excluding hydrogens is 463 g/mol. The zero-order valence-corrected chi connectivity index (χ0v) is 18.8. The summed E-state index contributed by atoms with van der Waals surface area (Å²) in [5.41, 5.74) is -1.63. The molecule has 35 heavy (non-hydrogen) atoms. The number of pyridine rings is 1. The maximum atomic E-state index is 13.1. The Labute approximate surface area is 198 Å². The fourth-order valence-corrected chi connectivity index (χ4v) is 3.93. The van der Waals surface area contributed by atoms with Gasteiger partial charge in [-0.15, -0.1) is 0 Å². The number of nitrogens with zero attached hydrogens (tertiary/aromatic N) is 2. The average Bonchev–Trinajstić information content (AvgIpc) is 3.26. The molecule has 0 radical (unpaired) electrons. The monoisotopic (exact) mass is 485 g/mol. The first-order chi connectivity index (χ1) is 16.7. The molecule has 0 spiro atoms. The van der Waals surface area contributed by atoms with Crippen molar-refractivity contribution < 1.29 is 32.3 Å². The number of alkyl halides is 3. The second kappa shape index (κ2) is 9.73. The average molecular weight is 485 g/mol. The quantitative estimate of drug-likeness (QED) is 0.504.